The van der Waals surface area contributed by atoms with E-state index in [-0.39, 0.29) is 0 Å². The normalized spacial score (nSPS) is 13.0. The van der Waals surface area contributed by atoms with Gasteiger partial charge in [0.1, 0.15) is 0 Å². The van der Waals surface area contributed by atoms with Crippen molar-refractivity contribution in [1.82, 2.24) is 5.32 Å². The zero-order chi connectivity index (χ0) is 11.1. The minimum absolute atomic E-state index is 0.464. The molecule has 0 saturated heterocycles. The van der Waals surface area contributed by atoms with Crippen molar-refractivity contribution < 1.29 is 4.74 Å². The highest BCUT2D eigenvalue weighted by Crippen LogP contribution is 2.23. The molecule has 0 fully saturated rings. The Balaban J connectivity index is 2.19. The molecule has 0 spiro atoms. The van der Waals surface area contributed by atoms with E-state index in [0.717, 1.165) is 26.2 Å². The van der Waals surface area contributed by atoms with Crippen molar-refractivity contribution in [2.24, 2.45) is 0 Å². The number of aryl methyl sites for hydroxylation is 1. The van der Waals surface area contributed by atoms with Gasteiger partial charge in [0.2, 0.25) is 0 Å². The molecule has 3 heteroatoms. The molecule has 0 aliphatic carbocycles. The highest BCUT2D eigenvalue weighted by atomic mass is 32.1. The largest absolute Gasteiger partial charge is 0.382 e. The summed E-state index contributed by atoms with van der Waals surface area (Å²) in [5, 5.41) is 5.67. The number of rotatable bonds is 7. The fourth-order valence-electron chi connectivity index (χ4n) is 1.56. The predicted octanol–water partition coefficient (Wildman–Crippen LogP) is 3.13. The second kappa shape index (κ2) is 6.99. The third kappa shape index (κ3) is 4.33. The summed E-state index contributed by atoms with van der Waals surface area (Å²) in [6, 6.07) is 2.64. The van der Waals surface area contributed by atoms with Gasteiger partial charge >= 0.3 is 0 Å². The molecule has 86 valence electrons. The smallest absolute Gasteiger partial charge is 0.0477 e. The van der Waals surface area contributed by atoms with Gasteiger partial charge in [0.05, 0.1) is 0 Å². The van der Waals surface area contributed by atoms with Crippen LogP contribution >= 0.6 is 11.3 Å². The molecule has 15 heavy (non-hydrogen) atoms. The molecule has 1 atom stereocenters. The van der Waals surface area contributed by atoms with Crippen molar-refractivity contribution in [1.29, 1.82) is 0 Å². The lowest BCUT2D eigenvalue weighted by Gasteiger charge is -2.13. The van der Waals surface area contributed by atoms with Crippen LogP contribution in [0.4, 0.5) is 0 Å². The second-order valence-electron chi connectivity index (χ2n) is 3.69. The quantitative estimate of drug-likeness (QED) is 0.723. The molecular formula is C12H21NOS. The summed E-state index contributed by atoms with van der Waals surface area (Å²) >= 11 is 1.83. The van der Waals surface area contributed by atoms with Crippen molar-refractivity contribution >= 4 is 11.3 Å². The Morgan fingerprint density at radius 2 is 2.33 bits per heavy atom. The van der Waals surface area contributed by atoms with Crippen LogP contribution in [0.3, 0.4) is 0 Å². The first-order chi connectivity index (χ1) is 7.25. The number of thiophene rings is 1. The molecule has 0 unspecified atom stereocenters. The maximum absolute atomic E-state index is 5.29. The molecular weight excluding hydrogens is 206 g/mol. The molecule has 0 aromatic carbocycles. The highest BCUT2D eigenvalue weighted by Gasteiger charge is 2.08. The maximum Gasteiger partial charge on any atom is 0.0477 e. The van der Waals surface area contributed by atoms with E-state index < -0.39 is 0 Å². The van der Waals surface area contributed by atoms with Gasteiger partial charge in [-0.15, -0.1) is 11.3 Å². The fraction of sp³-hybridized carbons (Fsp3) is 0.667. The Morgan fingerprint density at radius 3 is 2.93 bits per heavy atom. The third-order valence-corrected chi connectivity index (χ3v) is 3.62. The summed E-state index contributed by atoms with van der Waals surface area (Å²) in [7, 11) is 0. The van der Waals surface area contributed by atoms with Gasteiger partial charge in [-0.25, -0.2) is 0 Å². The van der Waals surface area contributed by atoms with Gasteiger partial charge in [-0.2, -0.15) is 0 Å². The fourth-order valence-corrected chi connectivity index (χ4v) is 2.52. The van der Waals surface area contributed by atoms with Crippen molar-refractivity contribution in [3.63, 3.8) is 0 Å². The zero-order valence-corrected chi connectivity index (χ0v) is 10.7. The van der Waals surface area contributed by atoms with Gasteiger partial charge in [-0.1, -0.05) is 0 Å². The highest BCUT2D eigenvalue weighted by molar-refractivity contribution is 7.10. The monoisotopic (exact) mass is 227 g/mol. The average Bonchev–Trinajstić information content (AvgIpc) is 2.64. The zero-order valence-electron chi connectivity index (χ0n) is 9.88. The first kappa shape index (κ1) is 12.7. The molecule has 0 radical (unpaired) electrons. The van der Waals surface area contributed by atoms with E-state index in [0.29, 0.717) is 6.04 Å². The van der Waals surface area contributed by atoms with E-state index in [1.54, 1.807) is 0 Å². The first-order valence-electron chi connectivity index (χ1n) is 5.60. The standard InChI is InChI=1S/C12H21NOS/c1-4-14-8-5-7-13-11(3)12-10(2)6-9-15-12/h6,9,11,13H,4-5,7-8H2,1-3H3/t11-/m0/s1. The molecule has 1 aromatic heterocycles. The molecule has 0 bridgehead atoms. The van der Waals surface area contributed by atoms with E-state index in [9.17, 15) is 0 Å². The molecule has 0 aliphatic rings. The molecule has 1 N–H and O–H groups in total. The van der Waals surface area contributed by atoms with Gasteiger partial charge < -0.3 is 10.1 Å². The number of nitrogens with one attached hydrogen (secondary N) is 1. The molecule has 0 amide bonds. The predicted molar refractivity (Wildman–Crippen MR) is 66.6 cm³/mol. The molecule has 0 saturated carbocycles. The van der Waals surface area contributed by atoms with Crippen LogP contribution in [-0.4, -0.2) is 19.8 Å². The van der Waals surface area contributed by atoms with Crippen molar-refractivity contribution in [3.05, 3.63) is 21.9 Å². The van der Waals surface area contributed by atoms with Crippen LogP contribution in [-0.2, 0) is 4.74 Å². The lowest BCUT2D eigenvalue weighted by atomic mass is 10.2. The van der Waals surface area contributed by atoms with Crippen LogP contribution in [0, 0.1) is 6.92 Å². The van der Waals surface area contributed by atoms with Gasteiger partial charge in [0.25, 0.3) is 0 Å². The van der Waals surface area contributed by atoms with Gasteiger partial charge in [0.15, 0.2) is 0 Å². The van der Waals surface area contributed by atoms with E-state index in [1.165, 1.54) is 10.4 Å². The lowest BCUT2D eigenvalue weighted by Crippen LogP contribution is -2.20. The van der Waals surface area contributed by atoms with E-state index >= 15 is 0 Å². The Hall–Kier alpha value is -0.380. The SMILES string of the molecule is CCOCCCN[C@@H](C)c1sccc1C. The minimum atomic E-state index is 0.464. The minimum Gasteiger partial charge on any atom is -0.382 e. The summed E-state index contributed by atoms with van der Waals surface area (Å²) in [6.45, 7) is 9.13. The summed E-state index contributed by atoms with van der Waals surface area (Å²) < 4.78 is 5.29. The molecule has 2 nitrogen and oxygen atoms in total. The Labute approximate surface area is 96.7 Å². The van der Waals surface area contributed by atoms with Crippen molar-refractivity contribution in [3.8, 4) is 0 Å². The Kier molecular flexibility index (Phi) is 5.91. The number of ether oxygens (including phenoxy) is 1. The average molecular weight is 227 g/mol. The maximum atomic E-state index is 5.29. The summed E-state index contributed by atoms with van der Waals surface area (Å²) in [6.07, 6.45) is 1.09. The van der Waals surface area contributed by atoms with E-state index in [4.69, 9.17) is 4.74 Å². The van der Waals surface area contributed by atoms with Crippen LogP contribution in [0.5, 0.6) is 0 Å². The lowest BCUT2D eigenvalue weighted by molar-refractivity contribution is 0.144. The van der Waals surface area contributed by atoms with E-state index in [1.807, 2.05) is 18.3 Å². The van der Waals surface area contributed by atoms with Crippen molar-refractivity contribution in [2.45, 2.75) is 33.2 Å². The number of hydrogen-bond acceptors (Lipinski definition) is 3. The van der Waals surface area contributed by atoms with Gasteiger partial charge in [0, 0.05) is 24.1 Å². The summed E-state index contributed by atoms with van der Waals surface area (Å²) in [4.78, 5) is 1.45. The van der Waals surface area contributed by atoms with Gasteiger partial charge in [-0.05, 0) is 50.7 Å². The van der Waals surface area contributed by atoms with Crippen LogP contribution in [0.1, 0.15) is 36.8 Å². The van der Waals surface area contributed by atoms with E-state index in [2.05, 4.69) is 30.6 Å². The summed E-state index contributed by atoms with van der Waals surface area (Å²) in [5.74, 6) is 0. The third-order valence-electron chi connectivity index (χ3n) is 2.42. The van der Waals surface area contributed by atoms with Crippen LogP contribution in [0.2, 0.25) is 0 Å². The van der Waals surface area contributed by atoms with Crippen molar-refractivity contribution in [2.75, 3.05) is 19.8 Å². The molecule has 0 aliphatic heterocycles. The Morgan fingerprint density at radius 1 is 1.53 bits per heavy atom. The molecule has 1 rings (SSSR count). The second-order valence-corrected chi connectivity index (χ2v) is 4.64. The molecule has 1 heterocycles. The number of hydrogen-bond donors (Lipinski definition) is 1. The Bertz CT molecular complexity index is 272. The topological polar surface area (TPSA) is 21.3 Å². The van der Waals surface area contributed by atoms with Crippen LogP contribution in [0.25, 0.3) is 0 Å². The first-order valence-corrected chi connectivity index (χ1v) is 6.48. The van der Waals surface area contributed by atoms with Crippen LogP contribution in [0.15, 0.2) is 11.4 Å². The summed E-state index contributed by atoms with van der Waals surface area (Å²) in [5.41, 5.74) is 1.39. The van der Waals surface area contributed by atoms with Gasteiger partial charge in [-0.3, -0.25) is 0 Å². The van der Waals surface area contributed by atoms with Crippen LogP contribution < -0.4 is 5.32 Å². The molecule has 1 aromatic rings.